The second-order valence-corrected chi connectivity index (χ2v) is 9.62. The van der Waals surface area contributed by atoms with E-state index in [1.54, 1.807) is 23.1 Å². The Hall–Kier alpha value is -3.69. The maximum absolute atomic E-state index is 15.2. The van der Waals surface area contributed by atoms with Crippen LogP contribution >= 0.6 is 0 Å². The van der Waals surface area contributed by atoms with Crippen LogP contribution in [-0.4, -0.2) is 59.6 Å². The van der Waals surface area contributed by atoms with E-state index in [4.69, 9.17) is 4.74 Å². The molecular weight excluding hydrogens is 472 g/mol. The Morgan fingerprint density at radius 3 is 2.28 bits per heavy atom. The Morgan fingerprint density at radius 2 is 1.69 bits per heavy atom. The van der Waals surface area contributed by atoms with Crippen molar-refractivity contribution in [3.05, 3.63) is 58.7 Å². The zero-order valence-electron chi connectivity index (χ0n) is 20.4. The highest BCUT2D eigenvalue weighted by molar-refractivity contribution is 5.98. The Bertz CT molecular complexity index is 1190. The van der Waals surface area contributed by atoms with Gasteiger partial charge in [-0.2, -0.15) is 0 Å². The fourth-order valence-electron chi connectivity index (χ4n) is 5.09. The molecule has 1 saturated heterocycles. The van der Waals surface area contributed by atoms with Crippen molar-refractivity contribution in [2.75, 3.05) is 32.1 Å². The number of amides is 3. The van der Waals surface area contributed by atoms with Gasteiger partial charge < -0.3 is 20.1 Å². The second-order valence-electron chi connectivity index (χ2n) is 9.62. The van der Waals surface area contributed by atoms with Crippen LogP contribution in [0.15, 0.2) is 30.3 Å². The molecule has 2 aliphatic rings. The van der Waals surface area contributed by atoms with E-state index in [0.29, 0.717) is 30.8 Å². The maximum Gasteiger partial charge on any atom is 0.408 e. The minimum atomic E-state index is -1.44. The van der Waals surface area contributed by atoms with Gasteiger partial charge in [-0.25, -0.2) is 13.6 Å². The molecule has 0 radical (unpaired) electrons. The highest BCUT2D eigenvalue weighted by Gasteiger charge is 2.40. The standard InChI is InChI=1S/C26H29F2N3O5/c1-26(2,24(33)30-9-4-5-10-30)21-19(27)13-16(14-20(21)28)29-23(32)22-18-7-6-17(36-3)12-15(18)8-11-31(22)25(34)35/h6-7,12-14,22H,4-5,8-11H2,1-3H3,(H,29,32)(H,34,35)/t22-/m0/s1. The lowest BCUT2D eigenvalue weighted by atomic mass is 9.82. The Labute approximate surface area is 207 Å². The summed E-state index contributed by atoms with van der Waals surface area (Å²) in [7, 11) is 1.51. The molecule has 1 atom stereocenters. The number of anilines is 1. The average Bonchev–Trinajstić information content (AvgIpc) is 3.36. The second kappa shape index (κ2) is 9.75. The predicted octanol–water partition coefficient (Wildman–Crippen LogP) is 4.09. The molecule has 0 unspecified atom stereocenters. The van der Waals surface area contributed by atoms with Gasteiger partial charge in [0.1, 0.15) is 23.4 Å². The van der Waals surface area contributed by atoms with Crippen LogP contribution in [0.3, 0.4) is 0 Å². The Morgan fingerprint density at radius 1 is 1.06 bits per heavy atom. The van der Waals surface area contributed by atoms with Crippen molar-refractivity contribution in [3.8, 4) is 5.75 Å². The van der Waals surface area contributed by atoms with Crippen LogP contribution in [0.1, 0.15) is 49.4 Å². The van der Waals surface area contributed by atoms with E-state index in [1.165, 1.54) is 21.0 Å². The number of carbonyl (C=O) groups is 3. The molecule has 36 heavy (non-hydrogen) atoms. The SMILES string of the molecule is COc1ccc2c(c1)CCN(C(=O)O)[C@@H]2C(=O)Nc1cc(F)c(C(C)(C)C(=O)N2CCCC2)c(F)c1. The molecule has 2 aliphatic heterocycles. The van der Waals surface area contributed by atoms with E-state index in [9.17, 15) is 19.5 Å². The van der Waals surface area contributed by atoms with Crippen LogP contribution in [0, 0.1) is 11.6 Å². The summed E-state index contributed by atoms with van der Waals surface area (Å²) in [6, 6.07) is 5.68. The first kappa shape index (κ1) is 25.4. The van der Waals surface area contributed by atoms with Gasteiger partial charge in [-0.3, -0.25) is 14.5 Å². The fraction of sp³-hybridized carbons (Fsp3) is 0.423. The van der Waals surface area contributed by atoms with Gasteiger partial charge >= 0.3 is 6.09 Å². The van der Waals surface area contributed by atoms with Gasteiger partial charge in [0.25, 0.3) is 5.91 Å². The fourth-order valence-corrected chi connectivity index (χ4v) is 5.09. The van der Waals surface area contributed by atoms with Crippen LogP contribution in [0.4, 0.5) is 19.3 Å². The molecule has 3 amide bonds. The minimum absolute atomic E-state index is 0.0715. The average molecular weight is 502 g/mol. The Kier molecular flexibility index (Phi) is 6.88. The van der Waals surface area contributed by atoms with E-state index in [0.717, 1.165) is 35.4 Å². The Balaban J connectivity index is 1.63. The number of hydrogen-bond acceptors (Lipinski definition) is 4. The molecule has 4 rings (SSSR count). The van der Waals surface area contributed by atoms with Gasteiger partial charge in [0.05, 0.1) is 12.5 Å². The van der Waals surface area contributed by atoms with Crippen LogP contribution in [-0.2, 0) is 21.4 Å². The van der Waals surface area contributed by atoms with Crippen molar-refractivity contribution >= 4 is 23.6 Å². The molecule has 2 aromatic rings. The first-order valence-electron chi connectivity index (χ1n) is 11.8. The lowest BCUT2D eigenvalue weighted by Crippen LogP contribution is -2.44. The first-order chi connectivity index (χ1) is 17.0. The number of rotatable bonds is 5. The molecule has 8 nitrogen and oxygen atoms in total. The maximum atomic E-state index is 15.2. The molecule has 2 aromatic carbocycles. The molecular formula is C26H29F2N3O5. The predicted molar refractivity (Wildman–Crippen MR) is 128 cm³/mol. The molecule has 2 N–H and O–H groups in total. The first-order valence-corrected chi connectivity index (χ1v) is 11.8. The minimum Gasteiger partial charge on any atom is -0.497 e. The summed E-state index contributed by atoms with van der Waals surface area (Å²) in [5.74, 6) is -2.47. The number of ether oxygens (including phenoxy) is 1. The third kappa shape index (κ3) is 4.59. The van der Waals surface area contributed by atoms with Crippen molar-refractivity contribution in [1.29, 1.82) is 0 Å². The van der Waals surface area contributed by atoms with Crippen LogP contribution in [0.2, 0.25) is 0 Å². The molecule has 1 fully saturated rings. The van der Waals surface area contributed by atoms with E-state index < -0.39 is 35.1 Å². The van der Waals surface area contributed by atoms with Crippen molar-refractivity contribution in [1.82, 2.24) is 9.80 Å². The number of nitrogens with one attached hydrogen (secondary N) is 1. The van der Waals surface area contributed by atoms with Crippen molar-refractivity contribution < 1.29 is 33.0 Å². The molecule has 0 bridgehead atoms. The third-order valence-electron chi connectivity index (χ3n) is 6.94. The summed E-state index contributed by atoms with van der Waals surface area (Å²) in [4.78, 5) is 40.6. The zero-order chi connectivity index (χ0) is 26.2. The van der Waals surface area contributed by atoms with Gasteiger partial charge in [0.15, 0.2) is 0 Å². The summed E-state index contributed by atoms with van der Waals surface area (Å²) in [6.45, 7) is 4.13. The summed E-state index contributed by atoms with van der Waals surface area (Å²) < 4.78 is 35.6. The number of carboxylic acid groups (broad SMARTS) is 1. The summed E-state index contributed by atoms with van der Waals surface area (Å²) in [5, 5.41) is 12.1. The molecule has 192 valence electrons. The van der Waals surface area contributed by atoms with Crippen LogP contribution < -0.4 is 10.1 Å². The zero-order valence-corrected chi connectivity index (χ0v) is 20.4. The quantitative estimate of drug-likeness (QED) is 0.643. The van der Waals surface area contributed by atoms with Crippen LogP contribution in [0.5, 0.6) is 5.75 Å². The van der Waals surface area contributed by atoms with Crippen molar-refractivity contribution in [2.45, 2.75) is 44.6 Å². The van der Waals surface area contributed by atoms with Crippen molar-refractivity contribution in [3.63, 3.8) is 0 Å². The van der Waals surface area contributed by atoms with E-state index >= 15 is 8.78 Å². The van der Waals surface area contributed by atoms with Gasteiger partial charge in [-0.15, -0.1) is 0 Å². The summed E-state index contributed by atoms with van der Waals surface area (Å²) in [6.07, 6.45) is 0.803. The summed E-state index contributed by atoms with van der Waals surface area (Å²) in [5.41, 5.74) is -0.768. The number of halogens is 2. The van der Waals surface area contributed by atoms with Gasteiger partial charge in [0.2, 0.25) is 5.91 Å². The molecule has 0 aliphatic carbocycles. The molecule has 0 aromatic heterocycles. The molecule has 10 heteroatoms. The molecule has 0 saturated carbocycles. The van der Waals surface area contributed by atoms with Crippen molar-refractivity contribution in [2.24, 2.45) is 0 Å². The lowest BCUT2D eigenvalue weighted by Gasteiger charge is -2.34. The number of fused-ring (bicyclic) bond motifs is 1. The smallest absolute Gasteiger partial charge is 0.408 e. The molecule has 2 heterocycles. The van der Waals surface area contributed by atoms with Gasteiger partial charge in [-0.1, -0.05) is 6.07 Å². The normalized spacial score (nSPS) is 17.5. The highest BCUT2D eigenvalue weighted by Crippen LogP contribution is 2.36. The number of carbonyl (C=O) groups excluding carboxylic acids is 2. The number of methoxy groups -OCH3 is 1. The number of benzene rings is 2. The van der Waals surface area contributed by atoms with E-state index in [-0.39, 0.29) is 23.7 Å². The lowest BCUT2D eigenvalue weighted by molar-refractivity contribution is -0.135. The highest BCUT2D eigenvalue weighted by atomic mass is 19.1. The number of likely N-dealkylation sites (tertiary alicyclic amines) is 1. The third-order valence-corrected chi connectivity index (χ3v) is 6.94. The van der Waals surface area contributed by atoms with Crippen LogP contribution in [0.25, 0.3) is 0 Å². The van der Waals surface area contributed by atoms with Gasteiger partial charge in [-0.05, 0) is 68.5 Å². The largest absolute Gasteiger partial charge is 0.497 e. The summed E-state index contributed by atoms with van der Waals surface area (Å²) >= 11 is 0. The number of nitrogens with zero attached hydrogens (tertiary/aromatic N) is 2. The van der Waals surface area contributed by atoms with Gasteiger partial charge in [0, 0.05) is 30.9 Å². The van der Waals surface area contributed by atoms with E-state index in [1.807, 2.05) is 0 Å². The van der Waals surface area contributed by atoms with E-state index in [2.05, 4.69) is 5.32 Å². The number of hydrogen-bond donors (Lipinski definition) is 2. The monoisotopic (exact) mass is 501 g/mol. The topological polar surface area (TPSA) is 99.2 Å². The molecule has 0 spiro atoms.